The molecule has 1 aromatic heterocycles. The maximum Gasteiger partial charge on any atom is 0.262 e. The lowest BCUT2D eigenvalue weighted by atomic mass is 10.2. The number of nitriles is 1. The van der Waals surface area contributed by atoms with Crippen LogP contribution in [-0.4, -0.2) is 27.8 Å². The zero-order valence-corrected chi connectivity index (χ0v) is 16.6. The number of amides is 1. The largest absolute Gasteiger partial charge is 0.311 e. The minimum Gasteiger partial charge on any atom is -0.311 e. The van der Waals surface area contributed by atoms with E-state index in [1.807, 2.05) is 36.4 Å². The van der Waals surface area contributed by atoms with Gasteiger partial charge in [-0.25, -0.2) is 4.98 Å². The van der Waals surface area contributed by atoms with Gasteiger partial charge in [-0.1, -0.05) is 48.2 Å². The highest BCUT2D eigenvalue weighted by Gasteiger charge is 2.18. The summed E-state index contributed by atoms with van der Waals surface area (Å²) in [6, 6.07) is 18.5. The summed E-state index contributed by atoms with van der Waals surface area (Å²) in [6.45, 7) is 4.33. The molecular weight excluding hydrogens is 384 g/mol. The summed E-state index contributed by atoms with van der Waals surface area (Å²) in [6.07, 6.45) is 1.87. The molecular formula is C22H20N4O2S. The molecule has 0 aliphatic carbocycles. The lowest BCUT2D eigenvalue weighted by Gasteiger charge is -2.22. The number of rotatable bonds is 8. The fourth-order valence-corrected chi connectivity index (χ4v) is 3.80. The van der Waals surface area contributed by atoms with Crippen molar-refractivity contribution in [1.29, 1.82) is 5.26 Å². The Bertz CT molecular complexity index is 1120. The second-order valence-corrected chi connectivity index (χ2v) is 7.14. The van der Waals surface area contributed by atoms with Crippen molar-refractivity contribution in [3.63, 3.8) is 0 Å². The van der Waals surface area contributed by atoms with Crippen LogP contribution in [0.2, 0.25) is 0 Å². The van der Waals surface area contributed by atoms with Crippen LogP contribution in [0.25, 0.3) is 10.9 Å². The molecule has 6 nitrogen and oxygen atoms in total. The lowest BCUT2D eigenvalue weighted by molar-refractivity contribution is -0.116. The van der Waals surface area contributed by atoms with Gasteiger partial charge in [0.25, 0.3) is 5.56 Å². The Balaban J connectivity index is 1.87. The van der Waals surface area contributed by atoms with Crippen molar-refractivity contribution in [3.05, 3.63) is 77.6 Å². The van der Waals surface area contributed by atoms with E-state index in [-0.39, 0.29) is 23.6 Å². The van der Waals surface area contributed by atoms with Crippen LogP contribution < -0.4 is 10.5 Å². The predicted molar refractivity (Wildman–Crippen MR) is 116 cm³/mol. The molecule has 0 bridgehead atoms. The van der Waals surface area contributed by atoms with Crippen LogP contribution in [0.4, 0.5) is 5.69 Å². The van der Waals surface area contributed by atoms with Crippen LogP contribution in [0.5, 0.6) is 0 Å². The Hall–Kier alpha value is -3.37. The quantitative estimate of drug-likeness (QED) is 0.325. The van der Waals surface area contributed by atoms with Gasteiger partial charge in [0.2, 0.25) is 5.91 Å². The number of allylic oxidation sites excluding steroid dienone is 1. The van der Waals surface area contributed by atoms with E-state index in [0.717, 1.165) is 5.69 Å². The number of nitrogens with zero attached hydrogens (tertiary/aromatic N) is 4. The van der Waals surface area contributed by atoms with Crippen molar-refractivity contribution in [2.24, 2.45) is 0 Å². The number of benzene rings is 2. The zero-order chi connectivity index (χ0) is 20.6. The van der Waals surface area contributed by atoms with Crippen LogP contribution in [0.15, 0.2) is 77.2 Å². The van der Waals surface area contributed by atoms with Gasteiger partial charge in [0.15, 0.2) is 5.16 Å². The normalized spacial score (nSPS) is 10.4. The van der Waals surface area contributed by atoms with Crippen molar-refractivity contribution < 1.29 is 4.79 Å². The molecule has 0 N–H and O–H groups in total. The minimum absolute atomic E-state index is 0.0995. The second kappa shape index (κ2) is 9.71. The van der Waals surface area contributed by atoms with Gasteiger partial charge in [0.1, 0.15) is 0 Å². The zero-order valence-electron chi connectivity index (χ0n) is 15.8. The summed E-state index contributed by atoms with van der Waals surface area (Å²) < 4.78 is 1.52. The first kappa shape index (κ1) is 20.4. The number of para-hydroxylation sites is 2. The van der Waals surface area contributed by atoms with Gasteiger partial charge in [-0.2, -0.15) is 5.26 Å². The number of hydrogen-bond donors (Lipinski definition) is 0. The van der Waals surface area contributed by atoms with E-state index < -0.39 is 0 Å². The average Bonchev–Trinajstić information content (AvgIpc) is 2.75. The average molecular weight is 404 g/mol. The van der Waals surface area contributed by atoms with Gasteiger partial charge >= 0.3 is 0 Å². The molecule has 3 aromatic rings. The van der Waals surface area contributed by atoms with Crippen LogP contribution in [0, 0.1) is 11.3 Å². The summed E-state index contributed by atoms with van der Waals surface area (Å²) >= 11 is 1.21. The monoisotopic (exact) mass is 404 g/mol. The third-order valence-corrected chi connectivity index (χ3v) is 5.24. The SMILES string of the molecule is C=CCn1c(SCC(=O)N(CCC#N)c2ccccc2)nc2ccccc2c1=O. The van der Waals surface area contributed by atoms with Crippen molar-refractivity contribution >= 4 is 34.3 Å². The van der Waals surface area contributed by atoms with E-state index in [4.69, 9.17) is 5.26 Å². The van der Waals surface area contributed by atoms with Crippen LogP contribution in [-0.2, 0) is 11.3 Å². The first-order valence-electron chi connectivity index (χ1n) is 9.11. The summed E-state index contributed by atoms with van der Waals surface area (Å²) in [4.78, 5) is 31.9. The van der Waals surface area contributed by atoms with Gasteiger partial charge in [0.05, 0.1) is 29.1 Å². The topological polar surface area (TPSA) is 79.0 Å². The molecule has 0 aliphatic heterocycles. The van der Waals surface area contributed by atoms with Crippen LogP contribution in [0.1, 0.15) is 6.42 Å². The molecule has 3 rings (SSSR count). The summed E-state index contributed by atoms with van der Waals surface area (Å²) in [5, 5.41) is 9.93. The molecule has 1 amide bonds. The minimum atomic E-state index is -0.158. The molecule has 0 saturated heterocycles. The molecule has 0 atom stereocenters. The Morgan fingerprint density at radius 2 is 1.93 bits per heavy atom. The van der Waals surface area contributed by atoms with Gasteiger partial charge < -0.3 is 4.90 Å². The third kappa shape index (κ3) is 4.73. The molecule has 7 heteroatoms. The first-order chi connectivity index (χ1) is 14.2. The summed E-state index contributed by atoms with van der Waals surface area (Å²) in [5.41, 5.74) is 1.18. The summed E-state index contributed by atoms with van der Waals surface area (Å²) in [7, 11) is 0. The molecule has 0 aliphatic rings. The highest BCUT2D eigenvalue weighted by molar-refractivity contribution is 7.99. The maximum atomic E-state index is 12.9. The number of aromatic nitrogens is 2. The number of fused-ring (bicyclic) bond motifs is 1. The fourth-order valence-electron chi connectivity index (χ4n) is 2.92. The predicted octanol–water partition coefficient (Wildman–Crippen LogP) is 3.62. The van der Waals surface area contributed by atoms with E-state index in [2.05, 4.69) is 17.6 Å². The third-order valence-electron chi connectivity index (χ3n) is 4.28. The van der Waals surface area contributed by atoms with Gasteiger partial charge in [-0.3, -0.25) is 14.2 Å². The van der Waals surface area contributed by atoms with Crippen LogP contribution in [0.3, 0.4) is 0 Å². The smallest absolute Gasteiger partial charge is 0.262 e. The fraction of sp³-hybridized carbons (Fsp3) is 0.182. The molecule has 146 valence electrons. The highest BCUT2D eigenvalue weighted by atomic mass is 32.2. The Kier molecular flexibility index (Phi) is 6.82. The standard InChI is InChI=1S/C22H20N4O2S/c1-2-14-26-21(28)18-11-6-7-12-19(18)24-22(26)29-16-20(27)25(15-8-13-23)17-9-4-3-5-10-17/h2-7,9-12H,1,8,14-16H2. The van der Waals surface area contributed by atoms with Gasteiger partial charge in [0, 0.05) is 18.8 Å². The van der Waals surface area contributed by atoms with Crippen molar-refractivity contribution in [3.8, 4) is 6.07 Å². The molecule has 29 heavy (non-hydrogen) atoms. The number of anilines is 1. The molecule has 0 unspecified atom stereocenters. The van der Waals surface area contributed by atoms with Crippen molar-refractivity contribution in [2.45, 2.75) is 18.1 Å². The Labute approximate surface area is 173 Å². The molecule has 0 spiro atoms. The van der Waals surface area contributed by atoms with Crippen molar-refractivity contribution in [2.75, 3.05) is 17.2 Å². The molecule has 0 saturated carbocycles. The van der Waals surface area contributed by atoms with Gasteiger partial charge in [-0.05, 0) is 24.3 Å². The lowest BCUT2D eigenvalue weighted by Crippen LogP contribution is -2.33. The van der Waals surface area contributed by atoms with E-state index in [0.29, 0.717) is 29.1 Å². The van der Waals surface area contributed by atoms with Crippen molar-refractivity contribution in [1.82, 2.24) is 9.55 Å². The van der Waals surface area contributed by atoms with E-state index in [1.54, 1.807) is 29.2 Å². The number of hydrogen-bond acceptors (Lipinski definition) is 5. The first-order valence-corrected chi connectivity index (χ1v) is 10.1. The highest BCUT2D eigenvalue weighted by Crippen LogP contribution is 2.21. The Morgan fingerprint density at radius 3 is 2.66 bits per heavy atom. The number of thioether (sulfide) groups is 1. The maximum absolute atomic E-state index is 12.9. The second-order valence-electron chi connectivity index (χ2n) is 6.19. The van der Waals surface area contributed by atoms with E-state index in [1.165, 1.54) is 16.3 Å². The molecule has 0 fully saturated rings. The Morgan fingerprint density at radius 1 is 1.21 bits per heavy atom. The summed E-state index contributed by atoms with van der Waals surface area (Å²) in [5.74, 6) is -0.0496. The van der Waals surface area contributed by atoms with E-state index in [9.17, 15) is 9.59 Å². The number of carbonyl (C=O) groups is 1. The molecule has 1 heterocycles. The van der Waals surface area contributed by atoms with Gasteiger partial charge in [-0.15, -0.1) is 6.58 Å². The molecule has 0 radical (unpaired) electrons. The van der Waals surface area contributed by atoms with E-state index >= 15 is 0 Å². The number of carbonyl (C=O) groups excluding carboxylic acids is 1. The molecule has 2 aromatic carbocycles. The van der Waals surface area contributed by atoms with Crippen LogP contribution >= 0.6 is 11.8 Å².